The molecular formula is C28H26O4. The van der Waals surface area contributed by atoms with Gasteiger partial charge in [-0.3, -0.25) is 0 Å². The lowest BCUT2D eigenvalue weighted by Gasteiger charge is -2.30. The van der Waals surface area contributed by atoms with E-state index in [1.807, 2.05) is 103 Å². The van der Waals surface area contributed by atoms with Crippen LogP contribution in [0.25, 0.3) is 0 Å². The molecule has 0 bridgehead atoms. The van der Waals surface area contributed by atoms with E-state index < -0.39 is 5.97 Å². The Bertz CT molecular complexity index is 1040. The third-order valence-electron chi connectivity index (χ3n) is 5.02. The molecule has 0 aromatic heterocycles. The second-order valence-corrected chi connectivity index (χ2v) is 7.40. The number of aliphatic hydroxyl groups is 1. The van der Waals surface area contributed by atoms with Crippen molar-refractivity contribution in [3.05, 3.63) is 138 Å². The lowest BCUT2D eigenvalue weighted by molar-refractivity contribution is -0.383. The largest absolute Gasteiger partial charge is 0.488 e. The molecule has 4 aromatic rings. The molecule has 0 amide bonds. The van der Waals surface area contributed by atoms with E-state index in [2.05, 4.69) is 0 Å². The van der Waals surface area contributed by atoms with E-state index in [0.29, 0.717) is 17.9 Å². The highest BCUT2D eigenvalue weighted by Crippen LogP contribution is 2.34. The second kappa shape index (κ2) is 10.7. The summed E-state index contributed by atoms with van der Waals surface area (Å²) in [5.74, 6) is -1.49. The van der Waals surface area contributed by atoms with Gasteiger partial charge in [0, 0.05) is 0 Å². The van der Waals surface area contributed by atoms with Crippen molar-refractivity contribution in [3.8, 4) is 5.75 Å². The molecule has 0 fully saturated rings. The topological polar surface area (TPSA) is 47.9 Å². The van der Waals surface area contributed by atoms with Crippen molar-refractivity contribution in [2.45, 2.75) is 25.8 Å². The summed E-state index contributed by atoms with van der Waals surface area (Å²) in [5, 5.41) is 11.6. The molecule has 0 heterocycles. The average Bonchev–Trinajstić information content (AvgIpc) is 2.87. The van der Waals surface area contributed by atoms with Crippen LogP contribution in [-0.4, -0.2) is 5.11 Å². The van der Waals surface area contributed by atoms with Gasteiger partial charge in [0.15, 0.2) is 0 Å². The van der Waals surface area contributed by atoms with E-state index in [1.54, 1.807) is 12.1 Å². The number of hydrogen-bond donors (Lipinski definition) is 1. The molecule has 0 saturated heterocycles. The monoisotopic (exact) mass is 426 g/mol. The minimum Gasteiger partial charge on any atom is -0.488 e. The maximum atomic E-state index is 11.6. The fraction of sp³-hybridized carbons (Fsp3) is 0.143. The van der Waals surface area contributed by atoms with Crippen LogP contribution < -0.4 is 4.74 Å². The summed E-state index contributed by atoms with van der Waals surface area (Å²) < 4.78 is 18.0. The van der Waals surface area contributed by atoms with E-state index in [-0.39, 0.29) is 13.2 Å². The molecule has 0 aliphatic rings. The molecule has 0 spiro atoms. The van der Waals surface area contributed by atoms with Gasteiger partial charge in [-0.25, -0.2) is 0 Å². The Hall–Kier alpha value is -3.44. The molecule has 1 N–H and O–H groups in total. The normalized spacial score (nSPS) is 11.3. The van der Waals surface area contributed by atoms with Gasteiger partial charge in [-0.2, -0.15) is 0 Å². The molecule has 162 valence electrons. The second-order valence-electron chi connectivity index (χ2n) is 7.40. The summed E-state index contributed by atoms with van der Waals surface area (Å²) in [6, 6.07) is 36.5. The maximum absolute atomic E-state index is 11.6. The van der Waals surface area contributed by atoms with Crippen molar-refractivity contribution in [3.63, 3.8) is 0 Å². The Labute approximate surface area is 188 Å². The van der Waals surface area contributed by atoms with Crippen LogP contribution in [0.5, 0.6) is 5.75 Å². The fourth-order valence-corrected chi connectivity index (χ4v) is 3.30. The maximum Gasteiger partial charge on any atom is 0.313 e. The summed E-state index contributed by atoms with van der Waals surface area (Å²) in [5.41, 5.74) is 3.30. The van der Waals surface area contributed by atoms with Crippen LogP contribution in [0.15, 0.2) is 115 Å². The summed E-state index contributed by atoms with van der Waals surface area (Å²) in [7, 11) is 0. The first-order valence-corrected chi connectivity index (χ1v) is 10.6. The van der Waals surface area contributed by atoms with Gasteiger partial charge >= 0.3 is 5.97 Å². The van der Waals surface area contributed by atoms with Crippen LogP contribution in [-0.2, 0) is 35.3 Å². The zero-order valence-corrected chi connectivity index (χ0v) is 17.8. The summed E-state index contributed by atoms with van der Waals surface area (Å²) in [6.45, 7) is 0.726. The molecule has 4 aromatic carbocycles. The zero-order chi connectivity index (χ0) is 22.1. The Kier molecular flexibility index (Phi) is 7.31. The predicted octanol–water partition coefficient (Wildman–Crippen LogP) is 5.80. The van der Waals surface area contributed by atoms with Crippen molar-refractivity contribution in [2.24, 2.45) is 0 Å². The molecule has 4 rings (SSSR count). The minimum absolute atomic E-state index is 0.180. The Morgan fingerprint density at radius 2 is 0.906 bits per heavy atom. The van der Waals surface area contributed by atoms with Crippen molar-refractivity contribution < 1.29 is 19.3 Å². The van der Waals surface area contributed by atoms with Crippen molar-refractivity contribution in [1.82, 2.24) is 0 Å². The van der Waals surface area contributed by atoms with Crippen LogP contribution in [0.4, 0.5) is 0 Å². The van der Waals surface area contributed by atoms with Crippen LogP contribution in [0.2, 0.25) is 0 Å². The van der Waals surface area contributed by atoms with Gasteiger partial charge in [0.2, 0.25) is 0 Å². The van der Waals surface area contributed by atoms with E-state index in [4.69, 9.17) is 14.2 Å². The van der Waals surface area contributed by atoms with Crippen molar-refractivity contribution >= 4 is 0 Å². The van der Waals surface area contributed by atoms with Crippen LogP contribution >= 0.6 is 0 Å². The van der Waals surface area contributed by atoms with Gasteiger partial charge in [-0.15, -0.1) is 0 Å². The van der Waals surface area contributed by atoms with Gasteiger partial charge < -0.3 is 19.3 Å². The molecule has 32 heavy (non-hydrogen) atoms. The van der Waals surface area contributed by atoms with E-state index in [0.717, 1.165) is 16.7 Å². The highest BCUT2D eigenvalue weighted by Gasteiger charge is 2.35. The lowest BCUT2D eigenvalue weighted by Crippen LogP contribution is -2.33. The Balaban J connectivity index is 1.58. The molecule has 4 heteroatoms. The Morgan fingerprint density at radius 1 is 0.500 bits per heavy atom. The fourth-order valence-electron chi connectivity index (χ4n) is 3.30. The van der Waals surface area contributed by atoms with E-state index in [9.17, 15) is 5.11 Å². The van der Waals surface area contributed by atoms with Crippen LogP contribution in [0.1, 0.15) is 22.3 Å². The van der Waals surface area contributed by atoms with Gasteiger partial charge in [-0.05, 0) is 28.8 Å². The summed E-state index contributed by atoms with van der Waals surface area (Å²) in [4.78, 5) is 0. The molecular weight excluding hydrogens is 400 g/mol. The molecule has 0 aliphatic carbocycles. The standard InChI is InChI=1S/C28H26O4/c29-28(31-21-24-14-6-2-7-15-24,32-22-25-16-8-3-9-17-25)26-18-10-11-19-27(26)30-20-23-12-4-1-5-13-23/h1-19,29H,20-22H2. The van der Waals surface area contributed by atoms with Crippen LogP contribution in [0, 0.1) is 0 Å². The van der Waals surface area contributed by atoms with Gasteiger partial charge in [0.1, 0.15) is 12.4 Å². The summed E-state index contributed by atoms with van der Waals surface area (Å²) in [6.07, 6.45) is 0. The van der Waals surface area contributed by atoms with E-state index >= 15 is 0 Å². The van der Waals surface area contributed by atoms with Gasteiger partial charge in [0.25, 0.3) is 0 Å². The first kappa shape index (κ1) is 21.8. The third-order valence-corrected chi connectivity index (χ3v) is 5.02. The first-order valence-electron chi connectivity index (χ1n) is 10.6. The number of para-hydroxylation sites is 1. The highest BCUT2D eigenvalue weighted by molar-refractivity contribution is 5.36. The smallest absolute Gasteiger partial charge is 0.313 e. The lowest BCUT2D eigenvalue weighted by atomic mass is 10.1. The molecule has 0 aliphatic heterocycles. The molecule has 4 nitrogen and oxygen atoms in total. The quantitative estimate of drug-likeness (QED) is 0.326. The average molecular weight is 427 g/mol. The molecule has 0 atom stereocenters. The number of ether oxygens (including phenoxy) is 3. The molecule has 0 radical (unpaired) electrons. The third kappa shape index (κ3) is 5.83. The molecule has 0 unspecified atom stereocenters. The number of rotatable bonds is 10. The zero-order valence-electron chi connectivity index (χ0n) is 17.8. The summed E-state index contributed by atoms with van der Waals surface area (Å²) >= 11 is 0. The predicted molar refractivity (Wildman–Crippen MR) is 124 cm³/mol. The van der Waals surface area contributed by atoms with E-state index in [1.165, 1.54) is 0 Å². The minimum atomic E-state index is -1.99. The number of benzene rings is 4. The van der Waals surface area contributed by atoms with Crippen molar-refractivity contribution in [2.75, 3.05) is 0 Å². The van der Waals surface area contributed by atoms with Gasteiger partial charge in [0.05, 0.1) is 18.8 Å². The first-order chi connectivity index (χ1) is 15.7. The number of hydrogen-bond acceptors (Lipinski definition) is 4. The SMILES string of the molecule is OC(OCc1ccccc1)(OCc1ccccc1)c1ccccc1OCc1ccccc1. The highest BCUT2D eigenvalue weighted by atomic mass is 16.8. The van der Waals surface area contributed by atoms with Gasteiger partial charge in [-0.1, -0.05) is 103 Å². The molecule has 0 saturated carbocycles. The Morgan fingerprint density at radius 3 is 1.41 bits per heavy atom. The van der Waals surface area contributed by atoms with Crippen molar-refractivity contribution in [1.29, 1.82) is 0 Å². The van der Waals surface area contributed by atoms with Crippen LogP contribution in [0.3, 0.4) is 0 Å².